The molecule has 0 saturated carbocycles. The van der Waals surface area contributed by atoms with Crippen LogP contribution < -0.4 is 4.74 Å². The maximum Gasteiger partial charge on any atom is 0.163 e. The van der Waals surface area contributed by atoms with Crippen molar-refractivity contribution in [1.82, 2.24) is 0 Å². The van der Waals surface area contributed by atoms with E-state index in [0.717, 1.165) is 0 Å². The summed E-state index contributed by atoms with van der Waals surface area (Å²) in [4.78, 5) is 11.4. The van der Waals surface area contributed by atoms with Crippen LogP contribution in [0.1, 0.15) is 24.2 Å². The van der Waals surface area contributed by atoms with Crippen LogP contribution in [0.3, 0.4) is 0 Å². The molecule has 1 aliphatic rings. The molecule has 2 rings (SSSR count). The largest absolute Gasteiger partial charge is 0.490 e. The molecule has 0 aromatic heterocycles. The van der Waals surface area contributed by atoms with Crippen molar-refractivity contribution in [3.8, 4) is 5.75 Å². The lowest BCUT2D eigenvalue weighted by Gasteiger charge is -2.11. The highest BCUT2D eigenvalue weighted by Crippen LogP contribution is 2.29. The summed E-state index contributed by atoms with van der Waals surface area (Å²) in [6.07, 6.45) is 0. The first-order valence-corrected chi connectivity index (χ1v) is 5.45. The number of ether oxygens (including phenoxy) is 2. The number of hydrogen-bond donors (Lipinski definition) is 0. The standard InChI is InChI=1S/C12H13ClO3/c1-8(14)10-5-9(13)3-4-11(10)15-6-12(2)7-16-12/h3-5H,6-7H2,1-2H3. The minimum Gasteiger partial charge on any atom is -0.490 e. The van der Waals surface area contributed by atoms with Crippen LogP contribution >= 0.6 is 11.6 Å². The Bertz CT molecular complexity index is 424. The van der Waals surface area contributed by atoms with Crippen LogP contribution in [0.5, 0.6) is 5.75 Å². The molecule has 1 saturated heterocycles. The number of rotatable bonds is 4. The second-order valence-electron chi connectivity index (χ2n) is 4.22. The zero-order chi connectivity index (χ0) is 11.8. The predicted octanol–water partition coefficient (Wildman–Crippen LogP) is 2.71. The van der Waals surface area contributed by atoms with Gasteiger partial charge in [-0.3, -0.25) is 4.79 Å². The summed E-state index contributed by atoms with van der Waals surface area (Å²) >= 11 is 5.83. The zero-order valence-corrected chi connectivity index (χ0v) is 10.0. The third-order valence-electron chi connectivity index (χ3n) is 2.49. The van der Waals surface area contributed by atoms with Gasteiger partial charge < -0.3 is 9.47 Å². The number of benzene rings is 1. The molecule has 1 aliphatic heterocycles. The first kappa shape index (κ1) is 11.4. The van der Waals surface area contributed by atoms with Gasteiger partial charge in [0.2, 0.25) is 0 Å². The Morgan fingerprint density at radius 2 is 2.31 bits per heavy atom. The van der Waals surface area contributed by atoms with Crippen molar-refractivity contribution >= 4 is 17.4 Å². The van der Waals surface area contributed by atoms with Gasteiger partial charge in [-0.25, -0.2) is 0 Å². The lowest BCUT2D eigenvalue weighted by atomic mass is 10.1. The molecule has 86 valence electrons. The third kappa shape index (κ3) is 2.54. The molecule has 0 N–H and O–H groups in total. The van der Waals surface area contributed by atoms with E-state index in [0.29, 0.717) is 29.5 Å². The summed E-state index contributed by atoms with van der Waals surface area (Å²) in [5, 5.41) is 0.534. The van der Waals surface area contributed by atoms with Gasteiger partial charge in [-0.2, -0.15) is 0 Å². The van der Waals surface area contributed by atoms with Crippen LogP contribution in [-0.2, 0) is 4.74 Å². The average Bonchev–Trinajstić information content (AvgIpc) is 2.95. The second-order valence-corrected chi connectivity index (χ2v) is 4.66. The molecule has 0 spiro atoms. The molecule has 1 aromatic carbocycles. The van der Waals surface area contributed by atoms with Gasteiger partial charge in [0, 0.05) is 5.02 Å². The summed E-state index contributed by atoms with van der Waals surface area (Å²) in [7, 11) is 0. The van der Waals surface area contributed by atoms with E-state index in [9.17, 15) is 4.79 Å². The highest BCUT2D eigenvalue weighted by molar-refractivity contribution is 6.31. The highest BCUT2D eigenvalue weighted by Gasteiger charge is 2.40. The maximum atomic E-state index is 11.4. The van der Waals surface area contributed by atoms with Gasteiger partial charge in [-0.1, -0.05) is 11.6 Å². The highest BCUT2D eigenvalue weighted by atomic mass is 35.5. The molecule has 0 aliphatic carbocycles. The molecule has 4 heteroatoms. The maximum absolute atomic E-state index is 11.4. The Kier molecular flexibility index (Phi) is 2.91. The van der Waals surface area contributed by atoms with Crippen molar-refractivity contribution < 1.29 is 14.3 Å². The summed E-state index contributed by atoms with van der Waals surface area (Å²) in [6.45, 7) is 4.62. The zero-order valence-electron chi connectivity index (χ0n) is 9.25. The number of ketones is 1. The quantitative estimate of drug-likeness (QED) is 0.600. The van der Waals surface area contributed by atoms with E-state index >= 15 is 0 Å². The third-order valence-corrected chi connectivity index (χ3v) is 2.73. The van der Waals surface area contributed by atoms with Crippen molar-refractivity contribution in [2.45, 2.75) is 19.4 Å². The van der Waals surface area contributed by atoms with E-state index in [4.69, 9.17) is 21.1 Å². The van der Waals surface area contributed by atoms with E-state index in [1.54, 1.807) is 18.2 Å². The van der Waals surface area contributed by atoms with Crippen molar-refractivity contribution in [2.24, 2.45) is 0 Å². The fourth-order valence-electron chi connectivity index (χ4n) is 1.34. The molecule has 1 unspecified atom stereocenters. The lowest BCUT2D eigenvalue weighted by molar-refractivity contribution is 0.101. The first-order chi connectivity index (χ1) is 7.50. The monoisotopic (exact) mass is 240 g/mol. The fourth-order valence-corrected chi connectivity index (χ4v) is 1.51. The second kappa shape index (κ2) is 4.07. The van der Waals surface area contributed by atoms with Gasteiger partial charge in [0.25, 0.3) is 0 Å². The molecule has 1 heterocycles. The summed E-state index contributed by atoms with van der Waals surface area (Å²) in [5.41, 5.74) is 0.324. The Balaban J connectivity index is 2.15. The van der Waals surface area contributed by atoms with E-state index in [1.165, 1.54) is 6.92 Å². The summed E-state index contributed by atoms with van der Waals surface area (Å²) < 4.78 is 10.8. The van der Waals surface area contributed by atoms with Crippen LogP contribution in [-0.4, -0.2) is 24.6 Å². The van der Waals surface area contributed by atoms with Crippen LogP contribution in [0.2, 0.25) is 5.02 Å². The van der Waals surface area contributed by atoms with Crippen molar-refractivity contribution in [1.29, 1.82) is 0 Å². The Morgan fingerprint density at radius 1 is 1.62 bits per heavy atom. The van der Waals surface area contributed by atoms with E-state index in [-0.39, 0.29) is 11.4 Å². The molecule has 1 fully saturated rings. The van der Waals surface area contributed by atoms with Gasteiger partial charge in [-0.15, -0.1) is 0 Å². The SMILES string of the molecule is CC(=O)c1cc(Cl)ccc1OCC1(C)CO1. The normalized spacial score (nSPS) is 22.9. The number of carbonyl (C=O) groups is 1. The van der Waals surface area contributed by atoms with Gasteiger partial charge in [0.15, 0.2) is 5.78 Å². The molecule has 0 bridgehead atoms. The van der Waals surface area contributed by atoms with Gasteiger partial charge in [-0.05, 0) is 32.0 Å². The number of Topliss-reactive ketones (excluding diaryl/α,β-unsaturated/α-hetero) is 1. The minimum atomic E-state index is -0.187. The summed E-state index contributed by atoms with van der Waals surface area (Å²) in [5.74, 6) is 0.507. The van der Waals surface area contributed by atoms with Gasteiger partial charge in [0.1, 0.15) is 18.0 Å². The molecular formula is C12H13ClO3. The van der Waals surface area contributed by atoms with Crippen LogP contribution in [0.25, 0.3) is 0 Å². The Hall–Kier alpha value is -1.06. The molecule has 0 amide bonds. The van der Waals surface area contributed by atoms with Gasteiger partial charge >= 0.3 is 0 Å². The van der Waals surface area contributed by atoms with E-state index in [2.05, 4.69) is 0 Å². The summed E-state index contributed by atoms with van der Waals surface area (Å²) in [6, 6.07) is 5.04. The molecule has 0 radical (unpaired) electrons. The number of epoxide rings is 1. The van der Waals surface area contributed by atoms with E-state index < -0.39 is 0 Å². The fraction of sp³-hybridized carbons (Fsp3) is 0.417. The minimum absolute atomic E-state index is 0.0561. The molecular weight excluding hydrogens is 228 g/mol. The van der Waals surface area contributed by atoms with Crippen LogP contribution in [0, 0.1) is 0 Å². The smallest absolute Gasteiger partial charge is 0.163 e. The van der Waals surface area contributed by atoms with Crippen molar-refractivity contribution in [3.05, 3.63) is 28.8 Å². The number of hydrogen-bond acceptors (Lipinski definition) is 3. The predicted molar refractivity (Wildman–Crippen MR) is 61.3 cm³/mol. The average molecular weight is 241 g/mol. The topological polar surface area (TPSA) is 38.8 Å². The molecule has 1 atom stereocenters. The Morgan fingerprint density at radius 3 is 2.88 bits per heavy atom. The van der Waals surface area contributed by atoms with E-state index in [1.807, 2.05) is 6.92 Å². The first-order valence-electron chi connectivity index (χ1n) is 5.07. The lowest BCUT2D eigenvalue weighted by Crippen LogP contribution is -2.17. The molecule has 3 nitrogen and oxygen atoms in total. The van der Waals surface area contributed by atoms with Crippen molar-refractivity contribution in [3.63, 3.8) is 0 Å². The molecule has 1 aromatic rings. The Labute approximate surface area is 99.3 Å². The van der Waals surface area contributed by atoms with Crippen LogP contribution in [0.4, 0.5) is 0 Å². The van der Waals surface area contributed by atoms with Gasteiger partial charge in [0.05, 0.1) is 12.2 Å². The molecule has 16 heavy (non-hydrogen) atoms. The van der Waals surface area contributed by atoms with Crippen LogP contribution in [0.15, 0.2) is 18.2 Å². The van der Waals surface area contributed by atoms with Crippen molar-refractivity contribution in [2.75, 3.05) is 13.2 Å². The number of carbonyl (C=O) groups excluding carboxylic acids is 1. The number of halogens is 1.